The molecule has 3 rings (SSSR count). The molecule has 0 unspecified atom stereocenters. The van der Waals surface area contributed by atoms with E-state index in [1.54, 1.807) is 37.4 Å². The number of nitrogens with two attached hydrogens (primary N) is 1. The first kappa shape index (κ1) is 22.8. The lowest BCUT2D eigenvalue weighted by molar-refractivity contribution is -0.125. The van der Waals surface area contributed by atoms with E-state index in [-0.39, 0.29) is 22.6 Å². The third kappa shape index (κ3) is 5.86. The highest BCUT2D eigenvalue weighted by Crippen LogP contribution is 2.22. The molecule has 0 fully saturated rings. The summed E-state index contributed by atoms with van der Waals surface area (Å²) in [5, 5.41) is 10.8. The Morgan fingerprint density at radius 1 is 1.19 bits per heavy atom. The lowest BCUT2D eigenvalue weighted by Gasteiger charge is -2.15. The van der Waals surface area contributed by atoms with E-state index in [0.717, 1.165) is 11.8 Å². The van der Waals surface area contributed by atoms with Crippen LogP contribution in [0.1, 0.15) is 5.56 Å². The third-order valence-corrected chi connectivity index (χ3v) is 5.26. The Labute approximate surface area is 184 Å². The van der Waals surface area contributed by atoms with Crippen molar-refractivity contribution in [2.24, 2.45) is 5.14 Å². The number of anilines is 4. The first-order valence-electron chi connectivity index (χ1n) is 9.31. The van der Waals surface area contributed by atoms with E-state index in [2.05, 4.69) is 27.2 Å². The Morgan fingerprint density at radius 2 is 1.91 bits per heavy atom. The zero-order chi connectivity index (χ0) is 23.3. The fourth-order valence-electron chi connectivity index (χ4n) is 2.73. The number of nitrogens with one attached hydrogen (secondary N) is 2. The summed E-state index contributed by atoms with van der Waals surface area (Å²) in [5.41, 5.74) is 1.83. The summed E-state index contributed by atoms with van der Waals surface area (Å²) in [6.45, 7) is 3.86. The molecule has 0 radical (unpaired) electrons. The molecule has 32 heavy (non-hydrogen) atoms. The van der Waals surface area contributed by atoms with Crippen LogP contribution >= 0.6 is 0 Å². The molecule has 0 saturated carbocycles. The molecule has 9 nitrogen and oxygen atoms in total. The van der Waals surface area contributed by atoms with Gasteiger partial charge in [0.05, 0.1) is 11.1 Å². The number of amides is 1. The standard InChI is InChI=1S/C21H21FN6O3S/c1-3-19(29)28(2)13-14-7-9-15(10-8-14)25-20-18(22)12-24-21(27-20)26-16-5-4-6-17(11-16)32(23,30)31/h3-12H,1,13H2,2H3,(H2,23,30,31)(H2,24,25,26,27). The Balaban J connectivity index is 1.74. The summed E-state index contributed by atoms with van der Waals surface area (Å²) in [7, 11) is -2.20. The van der Waals surface area contributed by atoms with Crippen molar-refractivity contribution >= 4 is 39.1 Å². The van der Waals surface area contributed by atoms with Gasteiger partial charge in [0.2, 0.25) is 21.9 Å². The van der Waals surface area contributed by atoms with Crippen molar-refractivity contribution in [2.45, 2.75) is 11.4 Å². The second kappa shape index (κ2) is 9.54. The van der Waals surface area contributed by atoms with E-state index < -0.39 is 15.8 Å². The molecule has 0 bridgehead atoms. The number of hydrogen-bond donors (Lipinski definition) is 3. The summed E-state index contributed by atoms with van der Waals surface area (Å²) in [6.07, 6.45) is 2.23. The number of likely N-dealkylation sites (N-methyl/N-ethyl adjacent to an activating group) is 1. The van der Waals surface area contributed by atoms with Crippen LogP contribution < -0.4 is 15.8 Å². The van der Waals surface area contributed by atoms with E-state index in [1.165, 1.54) is 29.2 Å². The van der Waals surface area contributed by atoms with Crippen molar-refractivity contribution in [2.75, 3.05) is 17.7 Å². The number of nitrogens with zero attached hydrogens (tertiary/aromatic N) is 3. The normalized spacial score (nSPS) is 11.0. The van der Waals surface area contributed by atoms with Crippen LogP contribution in [0.2, 0.25) is 0 Å². The second-order valence-corrected chi connectivity index (χ2v) is 8.37. The van der Waals surface area contributed by atoms with E-state index >= 15 is 0 Å². The first-order chi connectivity index (χ1) is 15.2. The van der Waals surface area contributed by atoms with Crippen LogP contribution in [0, 0.1) is 5.82 Å². The predicted molar refractivity (Wildman–Crippen MR) is 119 cm³/mol. The van der Waals surface area contributed by atoms with Gasteiger partial charge in [-0.05, 0) is 42.0 Å². The molecule has 11 heteroatoms. The number of rotatable bonds is 8. The monoisotopic (exact) mass is 456 g/mol. The number of primary sulfonamides is 1. The quantitative estimate of drug-likeness (QED) is 0.444. The lowest BCUT2D eigenvalue weighted by atomic mass is 10.2. The molecular weight excluding hydrogens is 435 g/mol. The predicted octanol–water partition coefficient (Wildman–Crippen LogP) is 2.89. The summed E-state index contributed by atoms with van der Waals surface area (Å²) in [5.74, 6) is -0.877. The second-order valence-electron chi connectivity index (χ2n) is 6.81. The average Bonchev–Trinajstić information content (AvgIpc) is 2.76. The van der Waals surface area contributed by atoms with E-state index in [1.807, 2.05) is 0 Å². The molecule has 0 spiro atoms. The molecular formula is C21H21FN6O3S. The largest absolute Gasteiger partial charge is 0.338 e. The lowest BCUT2D eigenvalue weighted by Crippen LogP contribution is -2.23. The van der Waals surface area contributed by atoms with Crippen LogP contribution in [-0.4, -0.2) is 36.2 Å². The molecule has 0 saturated heterocycles. The minimum Gasteiger partial charge on any atom is -0.338 e. The van der Waals surface area contributed by atoms with Gasteiger partial charge in [-0.1, -0.05) is 24.8 Å². The maximum absolute atomic E-state index is 14.2. The van der Waals surface area contributed by atoms with Gasteiger partial charge in [-0.25, -0.2) is 22.9 Å². The zero-order valence-corrected chi connectivity index (χ0v) is 17.9. The zero-order valence-electron chi connectivity index (χ0n) is 17.1. The number of benzene rings is 2. The molecule has 0 aliphatic heterocycles. The van der Waals surface area contributed by atoms with Gasteiger partial charge in [0.15, 0.2) is 11.6 Å². The highest BCUT2D eigenvalue weighted by atomic mass is 32.2. The number of halogens is 1. The number of carbonyl (C=O) groups is 1. The van der Waals surface area contributed by atoms with Crippen molar-refractivity contribution in [1.29, 1.82) is 0 Å². The fourth-order valence-corrected chi connectivity index (χ4v) is 3.29. The van der Waals surface area contributed by atoms with Crippen molar-refractivity contribution in [3.05, 3.63) is 78.8 Å². The third-order valence-electron chi connectivity index (χ3n) is 4.35. The molecule has 2 aromatic carbocycles. The maximum Gasteiger partial charge on any atom is 0.245 e. The topological polar surface area (TPSA) is 130 Å². The van der Waals surface area contributed by atoms with Gasteiger partial charge in [0.1, 0.15) is 0 Å². The van der Waals surface area contributed by atoms with E-state index in [9.17, 15) is 17.6 Å². The molecule has 0 aliphatic carbocycles. The van der Waals surface area contributed by atoms with Crippen LogP contribution in [0.3, 0.4) is 0 Å². The van der Waals surface area contributed by atoms with Crippen LogP contribution in [-0.2, 0) is 21.4 Å². The van der Waals surface area contributed by atoms with Gasteiger partial charge in [0.25, 0.3) is 0 Å². The van der Waals surface area contributed by atoms with Crippen LogP contribution in [0.5, 0.6) is 0 Å². The van der Waals surface area contributed by atoms with Crippen LogP contribution in [0.15, 0.2) is 72.3 Å². The molecule has 4 N–H and O–H groups in total. The van der Waals surface area contributed by atoms with Gasteiger partial charge < -0.3 is 15.5 Å². The number of sulfonamides is 1. The van der Waals surface area contributed by atoms with Crippen molar-refractivity contribution in [3.8, 4) is 0 Å². The SMILES string of the molecule is C=CC(=O)N(C)Cc1ccc(Nc2nc(Nc3cccc(S(N)(=O)=O)c3)ncc2F)cc1. The number of carbonyl (C=O) groups excluding carboxylic acids is 1. The highest BCUT2D eigenvalue weighted by molar-refractivity contribution is 7.89. The van der Waals surface area contributed by atoms with Crippen molar-refractivity contribution in [1.82, 2.24) is 14.9 Å². The minimum atomic E-state index is -3.87. The highest BCUT2D eigenvalue weighted by Gasteiger charge is 2.11. The Kier molecular flexibility index (Phi) is 6.81. The van der Waals surface area contributed by atoms with Gasteiger partial charge in [-0.2, -0.15) is 4.98 Å². The molecule has 1 aromatic heterocycles. The summed E-state index contributed by atoms with van der Waals surface area (Å²) in [4.78, 5) is 21.0. The van der Waals surface area contributed by atoms with Crippen LogP contribution in [0.25, 0.3) is 0 Å². The smallest absolute Gasteiger partial charge is 0.245 e. The molecule has 1 heterocycles. The Morgan fingerprint density at radius 3 is 2.56 bits per heavy atom. The molecule has 3 aromatic rings. The molecule has 0 atom stereocenters. The molecule has 1 amide bonds. The van der Waals surface area contributed by atoms with Gasteiger partial charge >= 0.3 is 0 Å². The van der Waals surface area contributed by atoms with Gasteiger partial charge in [-0.15, -0.1) is 0 Å². The van der Waals surface area contributed by atoms with Crippen molar-refractivity contribution in [3.63, 3.8) is 0 Å². The average molecular weight is 457 g/mol. The summed E-state index contributed by atoms with van der Waals surface area (Å²) in [6, 6.07) is 12.8. The number of aromatic nitrogens is 2. The van der Waals surface area contributed by atoms with Gasteiger partial charge in [0, 0.05) is 25.0 Å². The first-order valence-corrected chi connectivity index (χ1v) is 10.9. The summed E-state index contributed by atoms with van der Waals surface area (Å²) < 4.78 is 37.2. The fraction of sp³-hybridized carbons (Fsp3) is 0.0952. The molecule has 0 aliphatic rings. The summed E-state index contributed by atoms with van der Waals surface area (Å²) >= 11 is 0. The Bertz CT molecular complexity index is 1250. The van der Waals surface area contributed by atoms with E-state index in [4.69, 9.17) is 5.14 Å². The molecule has 166 valence electrons. The van der Waals surface area contributed by atoms with Gasteiger partial charge in [-0.3, -0.25) is 4.79 Å². The van der Waals surface area contributed by atoms with Crippen molar-refractivity contribution < 1.29 is 17.6 Å². The maximum atomic E-state index is 14.2. The number of hydrogen-bond acceptors (Lipinski definition) is 7. The minimum absolute atomic E-state index is 0.0571. The van der Waals surface area contributed by atoms with E-state index in [0.29, 0.717) is 17.9 Å². The Hall–Kier alpha value is -3.83. The van der Waals surface area contributed by atoms with Crippen LogP contribution in [0.4, 0.5) is 27.5 Å².